The van der Waals surface area contributed by atoms with E-state index in [1.54, 1.807) is 11.3 Å². The first-order valence-electron chi connectivity index (χ1n) is 8.11. The predicted molar refractivity (Wildman–Crippen MR) is 93.0 cm³/mol. The molecule has 6 heteroatoms. The van der Waals surface area contributed by atoms with Crippen LogP contribution >= 0.6 is 11.3 Å². The molecule has 5 nitrogen and oxygen atoms in total. The van der Waals surface area contributed by atoms with Crippen LogP contribution in [0.15, 0.2) is 17.5 Å². The minimum atomic E-state index is -0.0781. The Kier molecular flexibility index (Phi) is 4.82. The van der Waals surface area contributed by atoms with Gasteiger partial charge in [0.15, 0.2) is 0 Å². The Hall–Kier alpha value is -1.66. The molecule has 0 saturated carbocycles. The van der Waals surface area contributed by atoms with Gasteiger partial charge >= 0.3 is 0 Å². The molecule has 1 aliphatic heterocycles. The fourth-order valence-corrected chi connectivity index (χ4v) is 3.97. The Labute approximate surface area is 141 Å². The number of likely N-dealkylation sites (tertiary alicyclic amines) is 1. The highest BCUT2D eigenvalue weighted by Gasteiger charge is 2.25. The van der Waals surface area contributed by atoms with E-state index < -0.39 is 0 Å². The van der Waals surface area contributed by atoms with Crippen molar-refractivity contribution in [1.29, 1.82) is 0 Å². The van der Waals surface area contributed by atoms with Crippen LogP contribution in [0.3, 0.4) is 0 Å². The second kappa shape index (κ2) is 6.84. The lowest BCUT2D eigenvalue weighted by molar-refractivity contribution is 0.0945. The second-order valence-corrected chi connectivity index (χ2v) is 7.29. The topological polar surface area (TPSA) is 50.2 Å². The van der Waals surface area contributed by atoms with E-state index in [2.05, 4.69) is 26.8 Å². The number of piperidine rings is 1. The molecule has 0 aromatic carbocycles. The van der Waals surface area contributed by atoms with E-state index in [-0.39, 0.29) is 5.91 Å². The number of aryl methyl sites for hydroxylation is 1. The van der Waals surface area contributed by atoms with Crippen molar-refractivity contribution < 1.29 is 4.79 Å². The molecule has 124 valence electrons. The number of aromatic nitrogens is 2. The van der Waals surface area contributed by atoms with Crippen LogP contribution in [0.5, 0.6) is 0 Å². The standard InChI is InChI=1S/C17H24N4OS/c1-12-16(17(22)18-11-15-5-4-10-23-15)19-13(2)21(12)14-6-8-20(3)9-7-14/h4-5,10,14H,6-9,11H2,1-3H3,(H,18,22). The zero-order chi connectivity index (χ0) is 16.4. The first-order valence-corrected chi connectivity index (χ1v) is 8.98. The van der Waals surface area contributed by atoms with Gasteiger partial charge in [-0.2, -0.15) is 0 Å². The molecule has 2 aromatic heterocycles. The molecule has 0 bridgehead atoms. The van der Waals surface area contributed by atoms with Crippen LogP contribution in [0.2, 0.25) is 0 Å². The smallest absolute Gasteiger partial charge is 0.272 e. The van der Waals surface area contributed by atoms with Crippen LogP contribution < -0.4 is 5.32 Å². The number of hydrogen-bond donors (Lipinski definition) is 1. The third kappa shape index (κ3) is 3.48. The average Bonchev–Trinajstić information content (AvgIpc) is 3.14. The van der Waals surface area contributed by atoms with E-state index in [9.17, 15) is 4.79 Å². The maximum Gasteiger partial charge on any atom is 0.272 e. The Morgan fingerprint density at radius 1 is 1.39 bits per heavy atom. The van der Waals surface area contributed by atoms with Crippen molar-refractivity contribution in [3.8, 4) is 0 Å². The van der Waals surface area contributed by atoms with Gasteiger partial charge < -0.3 is 14.8 Å². The first-order chi connectivity index (χ1) is 11.1. The predicted octanol–water partition coefficient (Wildman–Crippen LogP) is 2.76. The third-order valence-corrected chi connectivity index (χ3v) is 5.47. The molecular formula is C17H24N4OS. The molecule has 1 aliphatic rings. The Morgan fingerprint density at radius 2 is 2.13 bits per heavy atom. The third-order valence-electron chi connectivity index (χ3n) is 4.60. The van der Waals surface area contributed by atoms with Crippen LogP contribution in [-0.4, -0.2) is 40.5 Å². The number of imidazole rings is 1. The molecule has 3 rings (SSSR count). The van der Waals surface area contributed by atoms with E-state index >= 15 is 0 Å². The monoisotopic (exact) mass is 332 g/mol. The summed E-state index contributed by atoms with van der Waals surface area (Å²) in [6.07, 6.45) is 2.23. The van der Waals surface area contributed by atoms with Gasteiger partial charge in [0.25, 0.3) is 5.91 Å². The van der Waals surface area contributed by atoms with Crippen LogP contribution in [-0.2, 0) is 6.54 Å². The fraction of sp³-hybridized carbons (Fsp3) is 0.529. The number of carbonyl (C=O) groups is 1. The van der Waals surface area contributed by atoms with Gasteiger partial charge in [0.1, 0.15) is 11.5 Å². The van der Waals surface area contributed by atoms with Crippen LogP contribution in [0.4, 0.5) is 0 Å². The molecule has 0 atom stereocenters. The summed E-state index contributed by atoms with van der Waals surface area (Å²) in [5.41, 5.74) is 1.55. The molecule has 0 unspecified atom stereocenters. The lowest BCUT2D eigenvalue weighted by atomic mass is 10.0. The molecule has 1 amide bonds. The minimum absolute atomic E-state index is 0.0781. The van der Waals surface area contributed by atoms with Crippen molar-refractivity contribution >= 4 is 17.2 Å². The van der Waals surface area contributed by atoms with Crippen LogP contribution in [0.1, 0.15) is 45.8 Å². The molecule has 23 heavy (non-hydrogen) atoms. The molecular weight excluding hydrogens is 308 g/mol. The highest BCUT2D eigenvalue weighted by atomic mass is 32.1. The summed E-state index contributed by atoms with van der Waals surface area (Å²) < 4.78 is 2.26. The molecule has 1 fully saturated rings. The fourth-order valence-electron chi connectivity index (χ4n) is 3.32. The van der Waals surface area contributed by atoms with Gasteiger partial charge in [-0.1, -0.05) is 6.07 Å². The first kappa shape index (κ1) is 16.2. The van der Waals surface area contributed by atoms with Gasteiger partial charge in [-0.25, -0.2) is 4.98 Å². The van der Waals surface area contributed by atoms with E-state index in [1.165, 1.54) is 0 Å². The van der Waals surface area contributed by atoms with Crippen LogP contribution in [0, 0.1) is 13.8 Å². The minimum Gasteiger partial charge on any atom is -0.346 e. The maximum atomic E-state index is 12.5. The lowest BCUT2D eigenvalue weighted by Crippen LogP contribution is -2.32. The number of rotatable bonds is 4. The van der Waals surface area contributed by atoms with Gasteiger partial charge in [-0.15, -0.1) is 11.3 Å². The number of hydrogen-bond acceptors (Lipinski definition) is 4. The molecule has 0 aliphatic carbocycles. The Bertz CT molecular complexity index is 669. The summed E-state index contributed by atoms with van der Waals surface area (Å²) in [6, 6.07) is 4.48. The summed E-state index contributed by atoms with van der Waals surface area (Å²) in [7, 11) is 2.16. The lowest BCUT2D eigenvalue weighted by Gasteiger charge is -2.31. The molecule has 1 N–H and O–H groups in total. The summed E-state index contributed by atoms with van der Waals surface area (Å²) in [6.45, 7) is 6.78. The number of nitrogens with zero attached hydrogens (tertiary/aromatic N) is 3. The number of thiophene rings is 1. The SMILES string of the molecule is Cc1nc(C(=O)NCc2cccs2)c(C)n1C1CCN(C)CC1. The van der Waals surface area contributed by atoms with Crippen molar-refractivity contribution in [3.05, 3.63) is 39.6 Å². The number of amides is 1. The van der Waals surface area contributed by atoms with Gasteiger partial charge in [-0.05, 0) is 58.3 Å². The van der Waals surface area contributed by atoms with Gasteiger partial charge in [0, 0.05) is 16.6 Å². The summed E-state index contributed by atoms with van der Waals surface area (Å²) in [5, 5.41) is 5.00. The van der Waals surface area contributed by atoms with E-state index in [0.29, 0.717) is 18.3 Å². The van der Waals surface area contributed by atoms with Crippen LogP contribution in [0.25, 0.3) is 0 Å². The van der Waals surface area contributed by atoms with Crippen molar-refractivity contribution in [3.63, 3.8) is 0 Å². The number of carbonyl (C=O) groups excluding carboxylic acids is 1. The van der Waals surface area contributed by atoms with Gasteiger partial charge in [0.05, 0.1) is 6.54 Å². The Morgan fingerprint density at radius 3 is 2.78 bits per heavy atom. The summed E-state index contributed by atoms with van der Waals surface area (Å²) in [4.78, 5) is 20.5. The van der Waals surface area contributed by atoms with Crippen molar-refractivity contribution in [2.24, 2.45) is 0 Å². The quantitative estimate of drug-likeness (QED) is 0.936. The molecule has 1 saturated heterocycles. The van der Waals surface area contributed by atoms with Crippen molar-refractivity contribution in [1.82, 2.24) is 19.8 Å². The highest BCUT2D eigenvalue weighted by Crippen LogP contribution is 2.26. The van der Waals surface area contributed by atoms with Gasteiger partial charge in [-0.3, -0.25) is 4.79 Å². The highest BCUT2D eigenvalue weighted by molar-refractivity contribution is 7.09. The normalized spacial score (nSPS) is 16.7. The largest absolute Gasteiger partial charge is 0.346 e. The van der Waals surface area contributed by atoms with Crippen molar-refractivity contribution in [2.45, 2.75) is 39.3 Å². The van der Waals surface area contributed by atoms with Crippen molar-refractivity contribution in [2.75, 3.05) is 20.1 Å². The van der Waals surface area contributed by atoms with Gasteiger partial charge in [0.2, 0.25) is 0 Å². The second-order valence-electron chi connectivity index (χ2n) is 6.26. The Balaban J connectivity index is 1.73. The average molecular weight is 332 g/mol. The maximum absolute atomic E-state index is 12.5. The number of nitrogens with one attached hydrogen (secondary N) is 1. The molecule has 0 radical (unpaired) electrons. The summed E-state index contributed by atoms with van der Waals surface area (Å²) >= 11 is 1.65. The molecule has 2 aromatic rings. The zero-order valence-corrected chi connectivity index (χ0v) is 14.8. The van der Waals surface area contributed by atoms with E-state index in [0.717, 1.165) is 42.3 Å². The van der Waals surface area contributed by atoms with E-state index in [1.807, 2.05) is 31.4 Å². The zero-order valence-electron chi connectivity index (χ0n) is 14.0. The van der Waals surface area contributed by atoms with E-state index in [4.69, 9.17) is 0 Å². The molecule has 3 heterocycles. The molecule has 0 spiro atoms. The summed E-state index contributed by atoms with van der Waals surface area (Å²) in [5.74, 6) is 0.865.